The predicted octanol–water partition coefficient (Wildman–Crippen LogP) is 5.97. The molecule has 3 rings (SSSR count). The van der Waals surface area contributed by atoms with Crippen LogP contribution in [0.25, 0.3) is 0 Å². The van der Waals surface area contributed by atoms with Crippen LogP contribution < -0.4 is 14.8 Å². The van der Waals surface area contributed by atoms with Gasteiger partial charge in [0, 0.05) is 10.7 Å². The number of para-hydroxylation sites is 2. The Kier molecular flexibility index (Phi) is 8.10. The third-order valence-electron chi connectivity index (χ3n) is 4.74. The molecule has 0 atom stereocenters. The first-order valence-corrected chi connectivity index (χ1v) is 12.1. The van der Waals surface area contributed by atoms with Gasteiger partial charge in [-0.25, -0.2) is 8.42 Å². The van der Waals surface area contributed by atoms with Crippen molar-refractivity contribution in [2.24, 2.45) is 10.2 Å². The number of hydrogen-bond acceptors (Lipinski definition) is 7. The minimum absolute atomic E-state index is 0.0308. The van der Waals surface area contributed by atoms with E-state index in [0.717, 1.165) is 0 Å². The fraction of sp³-hybridized carbons (Fsp3) is 0.125. The molecule has 0 fully saturated rings. The van der Waals surface area contributed by atoms with Crippen molar-refractivity contribution >= 4 is 44.6 Å². The molecular formula is C24H23ClN4O5S. The molecule has 0 aliphatic heterocycles. The topological polar surface area (TPSA) is 129 Å². The number of sulfonamides is 1. The zero-order valence-electron chi connectivity index (χ0n) is 19.1. The molecule has 0 aliphatic rings. The second-order valence-electron chi connectivity index (χ2n) is 7.35. The van der Waals surface area contributed by atoms with Gasteiger partial charge in [-0.1, -0.05) is 29.8 Å². The number of aryl methyl sites for hydroxylation is 1. The number of allylic oxidation sites excluding steroid dienone is 1. The first kappa shape index (κ1) is 25.7. The van der Waals surface area contributed by atoms with Gasteiger partial charge in [0.25, 0.3) is 15.9 Å². The number of nitrogens with zero attached hydrogens (tertiary/aromatic N) is 2. The van der Waals surface area contributed by atoms with E-state index in [1.54, 1.807) is 67.6 Å². The molecule has 0 aliphatic carbocycles. The van der Waals surface area contributed by atoms with E-state index in [0.29, 0.717) is 22.0 Å². The first-order valence-electron chi connectivity index (χ1n) is 10.3. The third-order valence-corrected chi connectivity index (χ3v) is 6.50. The predicted molar refractivity (Wildman–Crippen MR) is 135 cm³/mol. The summed E-state index contributed by atoms with van der Waals surface area (Å²) in [4.78, 5) is 12.5. The van der Waals surface area contributed by atoms with Crippen molar-refractivity contribution in [3.63, 3.8) is 0 Å². The molecule has 9 nitrogen and oxygen atoms in total. The largest absolute Gasteiger partial charge is 0.510 e. The van der Waals surface area contributed by atoms with Gasteiger partial charge >= 0.3 is 0 Å². The molecule has 0 radical (unpaired) electrons. The van der Waals surface area contributed by atoms with E-state index in [1.165, 1.54) is 20.1 Å². The Morgan fingerprint density at radius 2 is 1.74 bits per heavy atom. The summed E-state index contributed by atoms with van der Waals surface area (Å²) in [5, 5.41) is 20.9. The molecule has 0 heterocycles. The van der Waals surface area contributed by atoms with Crippen LogP contribution >= 0.6 is 11.6 Å². The summed E-state index contributed by atoms with van der Waals surface area (Å²) in [5.41, 5.74) is 1.02. The summed E-state index contributed by atoms with van der Waals surface area (Å²) in [6.07, 6.45) is 0. The lowest BCUT2D eigenvalue weighted by molar-refractivity contribution is -0.113. The minimum atomic E-state index is -4.00. The smallest absolute Gasteiger partial charge is 0.279 e. The number of halogens is 1. The number of aliphatic hydroxyl groups is 1. The fourth-order valence-corrected chi connectivity index (χ4v) is 4.44. The molecule has 1 amide bonds. The first-order chi connectivity index (χ1) is 16.6. The number of benzene rings is 3. The molecule has 0 unspecified atom stereocenters. The van der Waals surface area contributed by atoms with Crippen LogP contribution in [0, 0.1) is 6.92 Å². The van der Waals surface area contributed by atoms with Crippen molar-refractivity contribution in [1.29, 1.82) is 0 Å². The maximum absolute atomic E-state index is 13.1. The highest BCUT2D eigenvalue weighted by molar-refractivity contribution is 7.92. The Morgan fingerprint density at radius 1 is 1.06 bits per heavy atom. The number of rotatable bonds is 8. The standard InChI is InChI=1S/C24H23ClN4O5S/c1-15-8-11-19(14-22(15)35(32,33)29-20-6-4-5-7-21(20)34-3)27-28-23(16(2)30)24(31)26-18-12-9-17(25)10-13-18/h4-14,29-30H,1-3H3,(H,26,31)/b23-16-,28-27?. The van der Waals surface area contributed by atoms with Crippen LogP contribution in [0.4, 0.5) is 17.1 Å². The number of azo groups is 1. The molecule has 3 aromatic rings. The maximum Gasteiger partial charge on any atom is 0.279 e. The molecule has 11 heteroatoms. The van der Waals surface area contributed by atoms with E-state index in [-0.39, 0.29) is 27.7 Å². The molecule has 0 aromatic heterocycles. The van der Waals surface area contributed by atoms with Crippen molar-refractivity contribution in [2.75, 3.05) is 17.1 Å². The molecular weight excluding hydrogens is 492 g/mol. The van der Waals surface area contributed by atoms with Gasteiger partial charge in [-0.2, -0.15) is 5.11 Å². The lowest BCUT2D eigenvalue weighted by atomic mass is 10.2. The molecule has 0 bridgehead atoms. The van der Waals surface area contributed by atoms with Crippen LogP contribution in [0.5, 0.6) is 5.75 Å². The summed E-state index contributed by atoms with van der Waals surface area (Å²) in [5.74, 6) is -0.698. The monoisotopic (exact) mass is 514 g/mol. The van der Waals surface area contributed by atoms with Crippen LogP contribution in [-0.2, 0) is 14.8 Å². The number of anilines is 2. The van der Waals surface area contributed by atoms with E-state index in [2.05, 4.69) is 20.3 Å². The van der Waals surface area contributed by atoms with Gasteiger partial charge in [-0.05, 0) is 67.9 Å². The summed E-state index contributed by atoms with van der Waals surface area (Å²) in [7, 11) is -2.56. The van der Waals surface area contributed by atoms with Crippen LogP contribution in [-0.4, -0.2) is 26.5 Å². The van der Waals surface area contributed by atoms with Gasteiger partial charge in [0.2, 0.25) is 0 Å². The van der Waals surface area contributed by atoms with Crippen LogP contribution in [0.2, 0.25) is 5.02 Å². The summed E-state index contributed by atoms with van der Waals surface area (Å²) < 4.78 is 33.8. The maximum atomic E-state index is 13.1. The number of carbonyl (C=O) groups excluding carboxylic acids is 1. The Hall–Kier alpha value is -3.89. The van der Waals surface area contributed by atoms with Gasteiger partial charge in [0.15, 0.2) is 5.70 Å². The Labute approximate surface area is 208 Å². The lowest BCUT2D eigenvalue weighted by Crippen LogP contribution is -2.15. The van der Waals surface area contributed by atoms with Crippen molar-refractivity contribution < 1.29 is 23.1 Å². The van der Waals surface area contributed by atoms with E-state index in [1.807, 2.05) is 0 Å². The second-order valence-corrected chi connectivity index (χ2v) is 9.44. The fourth-order valence-electron chi connectivity index (χ4n) is 2.98. The van der Waals surface area contributed by atoms with Gasteiger partial charge in [0.1, 0.15) is 11.5 Å². The number of aliphatic hydroxyl groups excluding tert-OH is 1. The van der Waals surface area contributed by atoms with Gasteiger partial charge < -0.3 is 15.2 Å². The zero-order chi connectivity index (χ0) is 25.6. The van der Waals surface area contributed by atoms with Crippen molar-refractivity contribution in [3.05, 3.63) is 88.8 Å². The lowest BCUT2D eigenvalue weighted by Gasteiger charge is -2.13. The summed E-state index contributed by atoms with van der Waals surface area (Å²) >= 11 is 5.85. The SMILES string of the molecule is COc1ccccc1NS(=O)(=O)c1cc(N=N/C(C(=O)Nc2ccc(Cl)cc2)=C(/C)O)ccc1C. The quantitative estimate of drug-likeness (QED) is 0.194. The number of methoxy groups -OCH3 is 1. The molecule has 35 heavy (non-hydrogen) atoms. The highest BCUT2D eigenvalue weighted by Gasteiger charge is 2.20. The normalized spacial score (nSPS) is 12.2. The van der Waals surface area contributed by atoms with Crippen molar-refractivity contribution in [1.82, 2.24) is 0 Å². The Morgan fingerprint density at radius 3 is 2.40 bits per heavy atom. The number of ether oxygens (including phenoxy) is 1. The van der Waals surface area contributed by atoms with Gasteiger partial charge in [0.05, 0.1) is 23.4 Å². The zero-order valence-corrected chi connectivity index (χ0v) is 20.7. The van der Waals surface area contributed by atoms with E-state index >= 15 is 0 Å². The summed E-state index contributed by atoms with van der Waals surface area (Å²) in [6.45, 7) is 2.93. The molecule has 3 N–H and O–H groups in total. The number of amides is 1. The van der Waals surface area contributed by atoms with Crippen LogP contribution in [0.3, 0.4) is 0 Å². The molecule has 0 spiro atoms. The third kappa shape index (κ3) is 6.58. The highest BCUT2D eigenvalue weighted by Crippen LogP contribution is 2.29. The average molecular weight is 515 g/mol. The van der Waals surface area contributed by atoms with Crippen molar-refractivity contribution in [3.8, 4) is 5.75 Å². The van der Waals surface area contributed by atoms with E-state index in [9.17, 15) is 18.3 Å². The molecule has 0 saturated heterocycles. The second kappa shape index (κ2) is 11.0. The average Bonchev–Trinajstić information content (AvgIpc) is 2.81. The Balaban J connectivity index is 1.86. The van der Waals surface area contributed by atoms with Crippen LogP contribution in [0.15, 0.2) is 93.3 Å². The number of nitrogens with one attached hydrogen (secondary N) is 2. The molecule has 3 aromatic carbocycles. The highest BCUT2D eigenvalue weighted by atomic mass is 35.5. The minimum Gasteiger partial charge on any atom is -0.510 e. The molecule has 0 saturated carbocycles. The number of carbonyl (C=O) groups is 1. The van der Waals surface area contributed by atoms with Gasteiger partial charge in [-0.3, -0.25) is 9.52 Å². The van der Waals surface area contributed by atoms with Crippen molar-refractivity contribution in [2.45, 2.75) is 18.7 Å². The Bertz CT molecular complexity index is 1400. The summed E-state index contributed by atoms with van der Waals surface area (Å²) in [6, 6.07) is 17.4. The number of hydrogen-bond donors (Lipinski definition) is 3. The molecule has 182 valence electrons. The van der Waals surface area contributed by atoms with E-state index in [4.69, 9.17) is 16.3 Å². The van der Waals surface area contributed by atoms with Gasteiger partial charge in [-0.15, -0.1) is 5.11 Å². The van der Waals surface area contributed by atoms with E-state index < -0.39 is 15.9 Å². The van der Waals surface area contributed by atoms with Crippen LogP contribution in [0.1, 0.15) is 12.5 Å².